The van der Waals surface area contributed by atoms with Crippen LogP contribution in [0.25, 0.3) is 0 Å². The second-order valence-electron chi connectivity index (χ2n) is 4.86. The summed E-state index contributed by atoms with van der Waals surface area (Å²) in [6.45, 7) is 0. The number of nitrogens with zero attached hydrogens (tertiary/aromatic N) is 1. The maximum absolute atomic E-state index is 12.9. The van der Waals surface area contributed by atoms with Crippen LogP contribution in [0.1, 0.15) is 19.3 Å². The maximum atomic E-state index is 12.9. The Kier molecular flexibility index (Phi) is 2.93. The van der Waals surface area contributed by atoms with E-state index in [2.05, 4.69) is 5.32 Å². The number of carbonyl (C=O) groups excluding carboxylic acids is 2. The minimum atomic E-state index is -0.601. The summed E-state index contributed by atoms with van der Waals surface area (Å²) in [5.41, 5.74) is 0.465. The van der Waals surface area contributed by atoms with Gasteiger partial charge in [-0.05, 0) is 31.0 Å². The van der Waals surface area contributed by atoms with Gasteiger partial charge in [0.15, 0.2) is 0 Å². The van der Waals surface area contributed by atoms with Crippen LogP contribution >= 0.6 is 11.6 Å². The van der Waals surface area contributed by atoms with Gasteiger partial charge in [0.1, 0.15) is 11.9 Å². The van der Waals surface area contributed by atoms with Crippen molar-refractivity contribution in [3.63, 3.8) is 0 Å². The molecule has 1 atom stereocenters. The van der Waals surface area contributed by atoms with Gasteiger partial charge in [-0.15, -0.1) is 0 Å². The molecule has 0 bridgehead atoms. The van der Waals surface area contributed by atoms with Gasteiger partial charge in [0.05, 0.1) is 17.1 Å². The molecule has 100 valence electrons. The van der Waals surface area contributed by atoms with Gasteiger partial charge in [-0.1, -0.05) is 11.6 Å². The van der Waals surface area contributed by atoms with Crippen molar-refractivity contribution in [2.45, 2.75) is 31.3 Å². The fraction of sp³-hybridized carbons (Fsp3) is 0.385. The molecule has 1 N–H and O–H groups in total. The van der Waals surface area contributed by atoms with E-state index >= 15 is 0 Å². The summed E-state index contributed by atoms with van der Waals surface area (Å²) in [7, 11) is 0. The van der Waals surface area contributed by atoms with Gasteiger partial charge in [0.25, 0.3) is 5.91 Å². The smallest absolute Gasteiger partial charge is 0.252 e. The average molecular weight is 283 g/mol. The molecular formula is C13H12ClFN2O2. The Labute approximate surface area is 114 Å². The number of hydrogen-bond donors (Lipinski definition) is 1. The lowest BCUT2D eigenvalue weighted by atomic mass is 10.2. The summed E-state index contributed by atoms with van der Waals surface area (Å²) in [6, 6.07) is 3.37. The number of hydrogen-bond acceptors (Lipinski definition) is 3. The Morgan fingerprint density at radius 2 is 2.05 bits per heavy atom. The predicted octanol–water partition coefficient (Wildman–Crippen LogP) is 2.18. The SMILES string of the molecule is O=C1CC(Nc2ccc(F)cc2Cl)C(=O)N1C1CC1. The average Bonchev–Trinajstić information content (AvgIpc) is 3.12. The first kappa shape index (κ1) is 12.4. The molecule has 2 amide bonds. The van der Waals surface area contributed by atoms with Crippen LogP contribution in [0.4, 0.5) is 10.1 Å². The van der Waals surface area contributed by atoms with Crippen LogP contribution in [0.15, 0.2) is 18.2 Å². The van der Waals surface area contributed by atoms with Crippen LogP contribution in [0, 0.1) is 5.82 Å². The van der Waals surface area contributed by atoms with E-state index < -0.39 is 11.9 Å². The van der Waals surface area contributed by atoms with E-state index in [4.69, 9.17) is 11.6 Å². The fourth-order valence-electron chi connectivity index (χ4n) is 2.27. The van der Waals surface area contributed by atoms with Gasteiger partial charge in [-0.25, -0.2) is 4.39 Å². The van der Waals surface area contributed by atoms with E-state index in [-0.39, 0.29) is 29.3 Å². The van der Waals surface area contributed by atoms with Gasteiger partial charge >= 0.3 is 0 Å². The molecule has 6 heteroatoms. The van der Waals surface area contributed by atoms with Crippen molar-refractivity contribution in [3.8, 4) is 0 Å². The third-order valence-electron chi connectivity index (χ3n) is 3.36. The molecule has 0 radical (unpaired) electrons. The Bertz CT molecular complexity index is 560. The number of halogens is 2. The number of carbonyl (C=O) groups is 2. The topological polar surface area (TPSA) is 49.4 Å². The molecule has 0 spiro atoms. The van der Waals surface area contributed by atoms with Crippen molar-refractivity contribution in [2.75, 3.05) is 5.32 Å². The summed E-state index contributed by atoms with van der Waals surface area (Å²) in [5.74, 6) is -0.805. The Hall–Kier alpha value is -1.62. The molecule has 1 aromatic rings. The molecule has 3 rings (SSSR count). The first-order chi connectivity index (χ1) is 9.06. The lowest BCUT2D eigenvalue weighted by molar-refractivity contribution is -0.139. The number of nitrogens with one attached hydrogen (secondary N) is 1. The van der Waals surface area contributed by atoms with E-state index in [0.717, 1.165) is 12.8 Å². The largest absolute Gasteiger partial charge is 0.372 e. The molecule has 4 nitrogen and oxygen atoms in total. The Morgan fingerprint density at radius 3 is 2.68 bits per heavy atom. The minimum absolute atomic E-state index is 0.0792. The summed E-state index contributed by atoms with van der Waals surface area (Å²) in [5, 5.41) is 3.12. The van der Waals surface area contributed by atoms with Gasteiger partial charge in [0.2, 0.25) is 5.91 Å². The Morgan fingerprint density at radius 1 is 1.32 bits per heavy atom. The molecule has 1 saturated carbocycles. The monoisotopic (exact) mass is 282 g/mol. The Balaban J connectivity index is 1.76. The van der Waals surface area contributed by atoms with Crippen molar-refractivity contribution < 1.29 is 14.0 Å². The van der Waals surface area contributed by atoms with Crippen LogP contribution in [0.2, 0.25) is 5.02 Å². The first-order valence-electron chi connectivity index (χ1n) is 6.14. The van der Waals surface area contributed by atoms with Crippen molar-refractivity contribution in [2.24, 2.45) is 0 Å². The molecule has 2 fully saturated rings. The van der Waals surface area contributed by atoms with Crippen molar-refractivity contribution in [3.05, 3.63) is 29.0 Å². The fourth-order valence-corrected chi connectivity index (χ4v) is 2.50. The highest BCUT2D eigenvalue weighted by atomic mass is 35.5. The predicted molar refractivity (Wildman–Crippen MR) is 68.3 cm³/mol. The number of rotatable bonds is 3. The van der Waals surface area contributed by atoms with Gasteiger partial charge < -0.3 is 5.32 Å². The molecule has 1 saturated heterocycles. The minimum Gasteiger partial charge on any atom is -0.372 e. The van der Waals surface area contributed by atoms with Crippen LogP contribution < -0.4 is 5.32 Å². The van der Waals surface area contributed by atoms with E-state index in [9.17, 15) is 14.0 Å². The molecule has 1 heterocycles. The molecule has 1 aliphatic carbocycles. The quantitative estimate of drug-likeness (QED) is 0.865. The molecule has 0 aromatic heterocycles. The first-order valence-corrected chi connectivity index (χ1v) is 6.51. The van der Waals surface area contributed by atoms with E-state index in [1.807, 2.05) is 0 Å². The van der Waals surface area contributed by atoms with Gasteiger partial charge in [0, 0.05) is 6.04 Å². The van der Waals surface area contributed by atoms with Crippen LogP contribution in [-0.4, -0.2) is 28.8 Å². The molecule has 1 unspecified atom stereocenters. The third kappa shape index (κ3) is 2.30. The van der Waals surface area contributed by atoms with Crippen LogP contribution in [0.3, 0.4) is 0 Å². The lowest BCUT2D eigenvalue weighted by Gasteiger charge is -2.15. The zero-order valence-electron chi connectivity index (χ0n) is 10.0. The normalized spacial score (nSPS) is 23.1. The molecule has 19 heavy (non-hydrogen) atoms. The van der Waals surface area contributed by atoms with Crippen molar-refractivity contribution >= 4 is 29.1 Å². The van der Waals surface area contributed by atoms with Crippen LogP contribution in [-0.2, 0) is 9.59 Å². The third-order valence-corrected chi connectivity index (χ3v) is 3.67. The lowest BCUT2D eigenvalue weighted by Crippen LogP contribution is -2.36. The maximum Gasteiger partial charge on any atom is 0.252 e. The zero-order valence-corrected chi connectivity index (χ0v) is 10.8. The molecule has 1 aliphatic heterocycles. The number of benzene rings is 1. The highest BCUT2D eigenvalue weighted by Crippen LogP contribution is 2.33. The molecule has 2 aliphatic rings. The number of imide groups is 1. The second kappa shape index (κ2) is 4.49. The van der Waals surface area contributed by atoms with E-state index in [0.29, 0.717) is 5.69 Å². The number of likely N-dealkylation sites (tertiary alicyclic amines) is 1. The highest BCUT2D eigenvalue weighted by Gasteiger charge is 2.46. The highest BCUT2D eigenvalue weighted by molar-refractivity contribution is 6.33. The van der Waals surface area contributed by atoms with Gasteiger partial charge in [-0.3, -0.25) is 14.5 Å². The summed E-state index contributed by atoms with van der Waals surface area (Å²) >= 11 is 5.89. The number of amides is 2. The van der Waals surface area contributed by atoms with Crippen molar-refractivity contribution in [1.29, 1.82) is 0 Å². The summed E-state index contributed by atoms with van der Waals surface area (Å²) < 4.78 is 12.9. The van der Waals surface area contributed by atoms with Crippen molar-refractivity contribution in [1.82, 2.24) is 4.90 Å². The summed E-state index contributed by atoms with van der Waals surface area (Å²) in [4.78, 5) is 25.2. The second-order valence-corrected chi connectivity index (χ2v) is 5.27. The molecular weight excluding hydrogens is 271 g/mol. The van der Waals surface area contributed by atoms with E-state index in [1.54, 1.807) is 0 Å². The van der Waals surface area contributed by atoms with Crippen LogP contribution in [0.5, 0.6) is 0 Å². The van der Waals surface area contributed by atoms with E-state index in [1.165, 1.54) is 23.1 Å². The standard InChI is InChI=1S/C13H12ClFN2O2/c14-9-5-7(15)1-4-10(9)16-11-6-12(18)17(13(11)19)8-2-3-8/h1,4-5,8,11,16H,2-3,6H2. The summed E-state index contributed by atoms with van der Waals surface area (Å²) in [6.07, 6.45) is 1.91. The number of anilines is 1. The molecule has 1 aromatic carbocycles. The van der Waals surface area contributed by atoms with Gasteiger partial charge in [-0.2, -0.15) is 0 Å². The zero-order chi connectivity index (χ0) is 13.6.